The first-order valence-electron chi connectivity index (χ1n) is 13.6. The number of benzene rings is 1. The fourth-order valence-electron chi connectivity index (χ4n) is 5.68. The number of nitrogens with zero attached hydrogens (tertiary/aromatic N) is 1. The van der Waals surface area contributed by atoms with Crippen molar-refractivity contribution in [1.82, 2.24) is 0 Å². The number of hydrogen-bond donors (Lipinski definition) is 0. The molecule has 1 nitrogen and oxygen atoms in total. The monoisotopic (exact) mass is 597 g/mol. The molecule has 1 saturated carbocycles. The average molecular weight is 598 g/mol. The van der Waals surface area contributed by atoms with Gasteiger partial charge in [-0.05, 0) is 23.7 Å². The minimum Gasteiger partial charge on any atom is -0.656 e. The van der Waals surface area contributed by atoms with Crippen molar-refractivity contribution in [3.63, 3.8) is 0 Å². The van der Waals surface area contributed by atoms with Crippen LogP contribution in [0.25, 0.3) is 4.98 Å². The van der Waals surface area contributed by atoms with E-state index in [4.69, 9.17) is 4.98 Å². The Morgan fingerprint density at radius 3 is 1.29 bits per heavy atom. The third-order valence-corrected chi connectivity index (χ3v) is 10.1. The zero-order valence-corrected chi connectivity index (χ0v) is 30.8. The molecule has 0 spiro atoms. The number of allylic oxidation sites excluding steroid dienone is 8. The van der Waals surface area contributed by atoms with Gasteiger partial charge in [0.2, 0.25) is 0 Å². The number of rotatable bonds is 4. The first-order chi connectivity index (χ1) is 16.4. The zero-order valence-electron chi connectivity index (χ0n) is 26.3. The van der Waals surface area contributed by atoms with Gasteiger partial charge in [0.25, 0.3) is 0 Å². The van der Waals surface area contributed by atoms with Crippen molar-refractivity contribution in [2.75, 3.05) is 0 Å². The van der Waals surface area contributed by atoms with E-state index in [0.717, 1.165) is 0 Å². The summed E-state index contributed by atoms with van der Waals surface area (Å²) < 4.78 is 0. The van der Waals surface area contributed by atoms with E-state index in [1.807, 2.05) is 0 Å². The molecule has 0 N–H and O–H groups in total. The fraction of sp³-hybridized carbons (Fsp3) is 0.485. The summed E-state index contributed by atoms with van der Waals surface area (Å²) in [5.41, 5.74) is 1.85. The van der Waals surface area contributed by atoms with Crippen LogP contribution in [0.3, 0.4) is 0 Å². The van der Waals surface area contributed by atoms with Crippen LogP contribution >= 0.6 is 0 Å². The molecule has 4 unspecified atom stereocenters. The maximum atomic E-state index is 5.60. The van der Waals surface area contributed by atoms with E-state index in [9.17, 15) is 0 Å². The van der Waals surface area contributed by atoms with Crippen molar-refractivity contribution in [3.05, 3.63) is 110 Å². The summed E-state index contributed by atoms with van der Waals surface area (Å²) in [6, 6.07) is 10.8. The van der Waals surface area contributed by atoms with Gasteiger partial charge in [0.1, 0.15) is 0 Å². The third-order valence-electron chi connectivity index (χ3n) is 6.58. The molecule has 3 aliphatic rings. The normalized spacial score (nSPS) is 25.4. The van der Waals surface area contributed by atoms with Crippen LogP contribution in [0.5, 0.6) is 0 Å². The van der Waals surface area contributed by atoms with Crippen molar-refractivity contribution in [2.24, 2.45) is 23.7 Å². The Bertz CT molecular complexity index is 891. The quantitative estimate of drug-likeness (QED) is 0.242. The molecule has 1 aromatic carbocycles. The van der Waals surface area contributed by atoms with Crippen LogP contribution in [0.15, 0.2) is 78.9 Å². The van der Waals surface area contributed by atoms with Gasteiger partial charge >= 0.3 is 21.7 Å². The maximum Gasteiger partial charge on any atom is 4.00 e. The summed E-state index contributed by atoms with van der Waals surface area (Å²) in [6.45, 7) is 30.7. The van der Waals surface area contributed by atoms with Crippen LogP contribution in [0.2, 0.25) is 57.9 Å². The largest absolute Gasteiger partial charge is 4.00 e. The third kappa shape index (κ3) is 11.9. The van der Waals surface area contributed by atoms with Crippen molar-refractivity contribution < 1.29 is 21.7 Å². The molecule has 0 bridgehead atoms. The Hall–Kier alpha value is -0.495. The Labute approximate surface area is 255 Å². The van der Waals surface area contributed by atoms with Crippen LogP contribution in [0, 0.1) is 44.2 Å². The summed E-state index contributed by atoms with van der Waals surface area (Å²) in [6.07, 6.45) is 18.8. The molecule has 0 aromatic heterocycles. The predicted octanol–water partition coefficient (Wildman–Crippen LogP) is 10.4. The van der Waals surface area contributed by atoms with Crippen molar-refractivity contribution in [1.29, 1.82) is 0 Å². The molecular formula is C33H55NSi3Ti. The van der Waals surface area contributed by atoms with Gasteiger partial charge in [0.05, 0.1) is 0 Å². The topological polar surface area (TPSA) is 14.1 Å². The molecule has 4 rings (SSSR count). The summed E-state index contributed by atoms with van der Waals surface area (Å²) in [7, 11) is -3.57. The smallest absolute Gasteiger partial charge is 0.656 e. The second-order valence-electron chi connectivity index (χ2n) is 14.2. The molecule has 0 saturated heterocycles. The number of fused-ring (bicyclic) bond motifs is 3. The van der Waals surface area contributed by atoms with Crippen LogP contribution < -0.4 is 0 Å². The van der Waals surface area contributed by atoms with Gasteiger partial charge in [-0.15, -0.1) is 21.7 Å². The predicted molar refractivity (Wildman–Crippen MR) is 178 cm³/mol. The second kappa shape index (κ2) is 14.9. The van der Waals surface area contributed by atoms with Gasteiger partial charge < -0.3 is 25.5 Å². The molecule has 3 aliphatic carbocycles. The standard InChI is InChI=1S/C24H30NSi.2C4H11Si.CH3.Ti/c1-24(2,18-12-6-5-7-13-18)25-26(3,4)23-21-16-10-8-14-19(21)20-15-9-11-17-22(20)23;2*1-5(2,3)4;;/h5-17,19-23H,1-4H3;2*1H2,2-4H3;1H3;/q4*-1;+4. The van der Waals surface area contributed by atoms with Crippen molar-refractivity contribution in [2.45, 2.75) is 77.3 Å². The average Bonchev–Trinajstić information content (AvgIpc) is 3.07. The van der Waals surface area contributed by atoms with Crippen LogP contribution in [0.1, 0.15) is 19.4 Å². The summed E-state index contributed by atoms with van der Waals surface area (Å²) in [5.74, 6) is 2.52. The Morgan fingerprint density at radius 1 is 0.632 bits per heavy atom. The van der Waals surface area contributed by atoms with E-state index in [0.29, 0.717) is 29.2 Å². The van der Waals surface area contributed by atoms with Gasteiger partial charge in [0.15, 0.2) is 0 Å². The molecule has 38 heavy (non-hydrogen) atoms. The molecule has 5 heteroatoms. The minimum absolute atomic E-state index is 0. The van der Waals surface area contributed by atoms with Crippen LogP contribution in [-0.4, -0.2) is 24.4 Å². The van der Waals surface area contributed by atoms with Crippen LogP contribution in [0.4, 0.5) is 0 Å². The summed E-state index contributed by atoms with van der Waals surface area (Å²) >= 11 is 0. The van der Waals surface area contributed by atoms with Gasteiger partial charge in [-0.2, -0.15) is 0 Å². The molecule has 0 radical (unpaired) electrons. The van der Waals surface area contributed by atoms with E-state index in [1.165, 1.54) is 5.56 Å². The van der Waals surface area contributed by atoms with E-state index in [-0.39, 0.29) is 34.7 Å². The Kier molecular flexibility index (Phi) is 14.7. The molecule has 4 atom stereocenters. The molecule has 0 heterocycles. The first-order valence-corrected chi connectivity index (χ1v) is 24.0. The van der Waals surface area contributed by atoms with E-state index in [1.54, 1.807) is 0 Å². The summed E-state index contributed by atoms with van der Waals surface area (Å²) in [4.78, 5) is 5.60. The second-order valence-corrected chi connectivity index (χ2v) is 28.6. The Morgan fingerprint density at radius 2 is 0.947 bits per heavy atom. The number of hydrogen-bond acceptors (Lipinski definition) is 0. The molecule has 208 valence electrons. The van der Waals surface area contributed by atoms with Crippen molar-refractivity contribution >= 4 is 24.4 Å². The van der Waals surface area contributed by atoms with Gasteiger partial charge in [-0.25, -0.2) is 0 Å². The molecule has 1 fully saturated rings. The molecule has 1 aromatic rings. The first kappa shape index (κ1) is 37.5. The van der Waals surface area contributed by atoms with Crippen LogP contribution in [-0.2, 0) is 27.3 Å². The Balaban J connectivity index is 0.000000984. The van der Waals surface area contributed by atoms with Crippen molar-refractivity contribution in [3.8, 4) is 0 Å². The SMILES string of the molecule is CC(C)([N-][Si](C)(C)C1C2C=CC=CC2C2C=CC=CC21)c1ccccc1.[CH2-][Si](C)(C)C.[CH2-][Si](C)(C)C.[CH3-].[Ti+4]. The van der Waals surface area contributed by atoms with E-state index >= 15 is 0 Å². The summed E-state index contributed by atoms with van der Waals surface area (Å²) in [5, 5.41) is 0. The minimum atomic E-state index is -1.85. The zero-order chi connectivity index (χ0) is 27.4. The van der Waals surface area contributed by atoms with Gasteiger partial charge in [-0.3, -0.25) is 0 Å². The van der Waals surface area contributed by atoms with Gasteiger partial charge in [-0.1, -0.05) is 165 Å². The van der Waals surface area contributed by atoms with E-state index < -0.39 is 24.4 Å². The molecular weight excluding hydrogens is 542 g/mol. The van der Waals surface area contributed by atoms with E-state index in [2.05, 4.69) is 158 Å². The molecule has 0 aliphatic heterocycles. The fourth-order valence-corrected chi connectivity index (χ4v) is 9.94. The van der Waals surface area contributed by atoms with Gasteiger partial charge in [0, 0.05) is 0 Å². The maximum absolute atomic E-state index is 5.60. The molecule has 0 amide bonds.